The van der Waals surface area contributed by atoms with Gasteiger partial charge in [0.15, 0.2) is 5.76 Å². The molecule has 1 amide bonds. The topological polar surface area (TPSA) is 51.5 Å². The molecule has 5 heteroatoms. The third kappa shape index (κ3) is 3.81. The summed E-state index contributed by atoms with van der Waals surface area (Å²) in [6.45, 7) is 0.263. The fourth-order valence-corrected chi connectivity index (χ4v) is 2.45. The number of anilines is 1. The van der Waals surface area contributed by atoms with Gasteiger partial charge in [0.2, 0.25) is 0 Å². The number of ether oxygens (including phenoxy) is 1. The number of carbonyl (C=O) groups excluding carboxylic acids is 1. The normalized spacial score (nSPS) is 10.3. The average molecular weight is 372 g/mol. The second kappa shape index (κ2) is 7.15. The van der Waals surface area contributed by atoms with Gasteiger partial charge in [-0.1, -0.05) is 30.3 Å². The zero-order chi connectivity index (χ0) is 16.1. The number of amides is 1. The van der Waals surface area contributed by atoms with E-state index < -0.39 is 0 Å². The molecule has 0 saturated heterocycles. The van der Waals surface area contributed by atoms with Crippen LogP contribution in [0.4, 0.5) is 5.69 Å². The van der Waals surface area contributed by atoms with Gasteiger partial charge in [-0.2, -0.15) is 0 Å². The molecule has 0 fully saturated rings. The van der Waals surface area contributed by atoms with Crippen LogP contribution in [-0.4, -0.2) is 5.91 Å². The highest BCUT2D eigenvalue weighted by Gasteiger charge is 2.17. The summed E-state index contributed by atoms with van der Waals surface area (Å²) in [5.74, 6) is 0.677. The van der Waals surface area contributed by atoms with Crippen molar-refractivity contribution in [3.8, 4) is 5.75 Å². The lowest BCUT2D eigenvalue weighted by Gasteiger charge is -2.08. The lowest BCUT2D eigenvalue weighted by molar-refractivity contribution is 0.0993. The zero-order valence-electron chi connectivity index (χ0n) is 12.2. The van der Waals surface area contributed by atoms with E-state index in [2.05, 4.69) is 21.2 Å². The first-order valence-electron chi connectivity index (χ1n) is 7.04. The predicted octanol–water partition coefficient (Wildman–Crippen LogP) is 4.87. The van der Waals surface area contributed by atoms with E-state index in [-0.39, 0.29) is 18.3 Å². The molecule has 1 heterocycles. The number of furan rings is 1. The lowest BCUT2D eigenvalue weighted by atomic mass is 10.2. The Labute approximate surface area is 142 Å². The average Bonchev–Trinajstić information content (AvgIpc) is 3.05. The van der Waals surface area contributed by atoms with Crippen molar-refractivity contribution in [2.45, 2.75) is 6.61 Å². The quantitative estimate of drug-likeness (QED) is 0.695. The number of hydrogen-bond acceptors (Lipinski definition) is 3. The standard InChI is InChI=1S/C18H14BrNO3/c19-15-8-4-5-9-16(15)20-18(21)17-13(10-11-22-17)12-23-14-6-2-1-3-7-14/h1-11H,12H2,(H,20,21). The summed E-state index contributed by atoms with van der Waals surface area (Å²) in [6, 6.07) is 18.6. The fourth-order valence-electron chi connectivity index (χ4n) is 2.07. The number of rotatable bonds is 5. The molecule has 0 aliphatic rings. The number of benzene rings is 2. The maximum Gasteiger partial charge on any atom is 0.291 e. The van der Waals surface area contributed by atoms with Gasteiger partial charge in [0, 0.05) is 10.0 Å². The highest BCUT2D eigenvalue weighted by molar-refractivity contribution is 9.10. The van der Waals surface area contributed by atoms with E-state index in [4.69, 9.17) is 9.15 Å². The minimum atomic E-state index is -0.312. The maximum atomic E-state index is 12.4. The first kappa shape index (κ1) is 15.4. The molecule has 0 aliphatic heterocycles. The Balaban J connectivity index is 1.70. The van der Waals surface area contributed by atoms with Crippen LogP contribution in [0.3, 0.4) is 0 Å². The molecular formula is C18H14BrNO3. The van der Waals surface area contributed by atoms with Crippen molar-refractivity contribution in [1.29, 1.82) is 0 Å². The summed E-state index contributed by atoms with van der Waals surface area (Å²) in [5, 5.41) is 2.82. The van der Waals surface area contributed by atoms with E-state index in [9.17, 15) is 4.79 Å². The van der Waals surface area contributed by atoms with Gasteiger partial charge in [-0.05, 0) is 46.3 Å². The van der Waals surface area contributed by atoms with Gasteiger partial charge in [0.1, 0.15) is 12.4 Å². The van der Waals surface area contributed by atoms with E-state index in [0.29, 0.717) is 11.3 Å². The maximum absolute atomic E-state index is 12.4. The minimum absolute atomic E-state index is 0.247. The molecule has 23 heavy (non-hydrogen) atoms. The summed E-state index contributed by atoms with van der Waals surface area (Å²) in [5.41, 5.74) is 1.38. The Morgan fingerprint density at radius 3 is 2.57 bits per heavy atom. The van der Waals surface area contributed by atoms with Crippen LogP contribution in [-0.2, 0) is 6.61 Å². The minimum Gasteiger partial charge on any atom is -0.489 e. The Bertz CT molecular complexity index is 799. The number of carbonyl (C=O) groups is 1. The Morgan fingerprint density at radius 2 is 1.78 bits per heavy atom. The summed E-state index contributed by atoms with van der Waals surface area (Å²) >= 11 is 3.40. The molecule has 2 aromatic carbocycles. The third-order valence-corrected chi connectivity index (χ3v) is 3.90. The highest BCUT2D eigenvalue weighted by atomic mass is 79.9. The Kier molecular flexibility index (Phi) is 4.78. The first-order valence-corrected chi connectivity index (χ1v) is 7.83. The summed E-state index contributed by atoms with van der Waals surface area (Å²) < 4.78 is 11.8. The molecular weight excluding hydrogens is 358 g/mol. The van der Waals surface area contributed by atoms with E-state index in [1.54, 1.807) is 6.07 Å². The smallest absolute Gasteiger partial charge is 0.291 e. The molecule has 0 unspecified atom stereocenters. The van der Waals surface area contributed by atoms with Crippen molar-refractivity contribution >= 4 is 27.5 Å². The van der Waals surface area contributed by atoms with E-state index in [0.717, 1.165) is 10.2 Å². The predicted molar refractivity (Wildman–Crippen MR) is 91.6 cm³/mol. The lowest BCUT2D eigenvalue weighted by Crippen LogP contribution is -2.14. The van der Waals surface area contributed by atoms with Crippen LogP contribution >= 0.6 is 15.9 Å². The SMILES string of the molecule is O=C(Nc1ccccc1Br)c1occc1COc1ccccc1. The van der Waals surface area contributed by atoms with Gasteiger partial charge < -0.3 is 14.5 Å². The molecule has 0 bridgehead atoms. The van der Waals surface area contributed by atoms with Crippen molar-refractivity contribution in [1.82, 2.24) is 0 Å². The van der Waals surface area contributed by atoms with Crippen LogP contribution < -0.4 is 10.1 Å². The molecule has 0 atom stereocenters. The third-order valence-electron chi connectivity index (χ3n) is 3.21. The van der Waals surface area contributed by atoms with Crippen molar-refractivity contribution < 1.29 is 13.9 Å². The summed E-state index contributed by atoms with van der Waals surface area (Å²) in [4.78, 5) is 12.4. The monoisotopic (exact) mass is 371 g/mol. The van der Waals surface area contributed by atoms with E-state index in [1.165, 1.54) is 6.26 Å². The molecule has 1 aromatic heterocycles. The second-order valence-electron chi connectivity index (χ2n) is 4.81. The molecule has 4 nitrogen and oxygen atoms in total. The largest absolute Gasteiger partial charge is 0.489 e. The van der Waals surface area contributed by atoms with Gasteiger partial charge in [0.25, 0.3) is 5.91 Å². The van der Waals surface area contributed by atoms with Gasteiger partial charge in [-0.3, -0.25) is 4.79 Å². The second-order valence-corrected chi connectivity index (χ2v) is 5.66. The number of nitrogens with one attached hydrogen (secondary N) is 1. The molecule has 116 valence electrons. The van der Waals surface area contributed by atoms with Crippen molar-refractivity contribution in [3.63, 3.8) is 0 Å². The van der Waals surface area contributed by atoms with Gasteiger partial charge in [-0.25, -0.2) is 0 Å². The van der Waals surface area contributed by atoms with Crippen LogP contribution in [0.2, 0.25) is 0 Å². The van der Waals surface area contributed by atoms with Crippen molar-refractivity contribution in [2.75, 3.05) is 5.32 Å². The number of para-hydroxylation sites is 2. The zero-order valence-corrected chi connectivity index (χ0v) is 13.7. The van der Waals surface area contributed by atoms with Crippen LogP contribution in [0.15, 0.2) is 75.8 Å². The van der Waals surface area contributed by atoms with Crippen LogP contribution in [0.1, 0.15) is 16.1 Å². The van der Waals surface area contributed by atoms with Gasteiger partial charge in [0.05, 0.1) is 12.0 Å². The summed E-state index contributed by atoms with van der Waals surface area (Å²) in [7, 11) is 0. The molecule has 0 saturated carbocycles. The molecule has 0 spiro atoms. The van der Waals surface area contributed by atoms with Crippen LogP contribution in [0, 0.1) is 0 Å². The van der Waals surface area contributed by atoms with Crippen LogP contribution in [0.25, 0.3) is 0 Å². The van der Waals surface area contributed by atoms with E-state index >= 15 is 0 Å². The molecule has 3 rings (SSSR count). The molecule has 1 N–H and O–H groups in total. The Morgan fingerprint density at radius 1 is 1.04 bits per heavy atom. The fraction of sp³-hybridized carbons (Fsp3) is 0.0556. The van der Waals surface area contributed by atoms with Crippen LogP contribution in [0.5, 0.6) is 5.75 Å². The van der Waals surface area contributed by atoms with E-state index in [1.807, 2.05) is 54.6 Å². The Hall–Kier alpha value is -2.53. The molecule has 0 radical (unpaired) electrons. The first-order chi connectivity index (χ1) is 11.2. The summed E-state index contributed by atoms with van der Waals surface area (Å²) in [6.07, 6.45) is 1.48. The highest BCUT2D eigenvalue weighted by Crippen LogP contribution is 2.23. The molecule has 0 aliphatic carbocycles. The van der Waals surface area contributed by atoms with Gasteiger partial charge in [-0.15, -0.1) is 0 Å². The van der Waals surface area contributed by atoms with Gasteiger partial charge >= 0.3 is 0 Å². The molecule has 3 aromatic rings. The van der Waals surface area contributed by atoms with Crippen molar-refractivity contribution in [3.05, 3.63) is 82.7 Å². The number of halogens is 1. The number of hydrogen-bond donors (Lipinski definition) is 1. The van der Waals surface area contributed by atoms with Crippen molar-refractivity contribution in [2.24, 2.45) is 0 Å².